The molecule has 10 heteroatoms. The molecule has 0 atom stereocenters. The van der Waals surface area contributed by atoms with Crippen molar-refractivity contribution in [2.75, 3.05) is 0 Å². The van der Waals surface area contributed by atoms with E-state index in [1.165, 1.54) is 74.3 Å². The van der Waals surface area contributed by atoms with Gasteiger partial charge in [-0.3, -0.25) is 28.1 Å². The second-order valence-electron chi connectivity index (χ2n) is 20.8. The number of rotatable bonds is 8. The smallest absolute Gasteiger partial charge is 0.340 e. The fourth-order valence-corrected chi connectivity index (χ4v) is 11.3. The average Bonchev–Trinajstić information content (AvgIpc) is 4.19. The summed E-state index contributed by atoms with van der Waals surface area (Å²) in [7, 11) is 0. The fraction of sp³-hybridized carbons (Fsp3) is 0.186. The molecule has 0 N–H and O–H groups in total. The molecule has 3 heterocycles. The van der Waals surface area contributed by atoms with Gasteiger partial charge in [-0.05, 0) is 157 Å². The van der Waals surface area contributed by atoms with Crippen LogP contribution in [-0.2, 0) is 20.1 Å². The van der Waals surface area contributed by atoms with Crippen LogP contribution in [0.4, 0.5) is 13.2 Å². The number of benzene rings is 8. The van der Waals surface area contributed by atoms with Crippen LogP contribution in [0.15, 0.2) is 152 Å². The number of hydrogen-bond donors (Lipinski definition) is 0. The molecule has 0 unspecified atom stereocenters. The zero-order valence-electron chi connectivity index (χ0n) is 47.6. The summed E-state index contributed by atoms with van der Waals surface area (Å²) in [5, 5.41) is 0. The molecule has 11 rings (SSSR count). The summed E-state index contributed by atoms with van der Waals surface area (Å²) < 4.78 is 48.8. The Morgan fingerprint density at radius 2 is 0.650 bits per heavy atom. The van der Waals surface area contributed by atoms with E-state index in [1.807, 2.05) is 99.4 Å². The molecular formula is C70H64F3IrN6. The van der Waals surface area contributed by atoms with Crippen LogP contribution in [0.25, 0.3) is 73.5 Å². The summed E-state index contributed by atoms with van der Waals surface area (Å²) in [6, 6.07) is 45.2. The second-order valence-corrected chi connectivity index (χ2v) is 20.8. The first-order valence-corrected chi connectivity index (χ1v) is 26.4. The first-order valence-electron chi connectivity index (χ1n) is 26.4. The SMILES string of the molecule is Cc1cc(C)c(-n2ccnc2-c2[c-]cc(F)c(-c3c(C)cccc3C)c2)c(C)c1.Cc1cc(C)c(-n2ccnc2-c2[c-]cc(F)c(-c3c(C)cccc3C)c2)c(C)c1.Cc1cc(C)c(-n2ccnc2-c2[c-]cc(F)cc2)c(C)c1.[Ir+3]. The summed E-state index contributed by atoms with van der Waals surface area (Å²) in [4.78, 5) is 13.6. The minimum atomic E-state index is -0.292. The van der Waals surface area contributed by atoms with Crippen molar-refractivity contribution in [2.45, 2.75) is 90.0 Å². The fourth-order valence-electron chi connectivity index (χ4n) is 11.3. The molecular weight excluding hydrogens is 1170 g/mol. The molecule has 0 fully saturated rings. The Balaban J connectivity index is 0.000000159. The minimum Gasteiger partial charge on any atom is -0.340 e. The molecule has 0 aliphatic heterocycles. The Morgan fingerprint density at radius 3 is 0.950 bits per heavy atom. The third-order valence-electron chi connectivity index (χ3n) is 14.4. The first-order chi connectivity index (χ1) is 37.8. The summed E-state index contributed by atoms with van der Waals surface area (Å²) in [5.74, 6) is 1.45. The molecule has 0 amide bonds. The van der Waals surface area contributed by atoms with Gasteiger partial charge in [-0.15, -0.1) is 77.4 Å². The quantitative estimate of drug-likeness (QED) is 0.143. The van der Waals surface area contributed by atoms with Gasteiger partial charge in [0, 0.05) is 71.7 Å². The third-order valence-corrected chi connectivity index (χ3v) is 14.4. The van der Waals surface area contributed by atoms with Crippen LogP contribution in [0.2, 0.25) is 0 Å². The van der Waals surface area contributed by atoms with Crippen LogP contribution in [0.5, 0.6) is 0 Å². The Morgan fingerprint density at radius 1 is 0.350 bits per heavy atom. The summed E-state index contributed by atoms with van der Waals surface area (Å²) in [5.41, 5.74) is 23.7. The molecule has 80 heavy (non-hydrogen) atoms. The zero-order valence-corrected chi connectivity index (χ0v) is 50.0. The second kappa shape index (κ2) is 24.5. The normalized spacial score (nSPS) is 10.9. The van der Waals surface area contributed by atoms with Gasteiger partial charge in [0.25, 0.3) is 0 Å². The molecule has 8 aromatic carbocycles. The number of aryl methyl sites for hydroxylation is 13. The van der Waals surface area contributed by atoms with Gasteiger partial charge in [-0.2, -0.15) is 0 Å². The number of halogens is 3. The van der Waals surface area contributed by atoms with Crippen LogP contribution in [0.1, 0.15) is 72.3 Å². The van der Waals surface area contributed by atoms with Gasteiger partial charge < -0.3 is 13.7 Å². The zero-order chi connectivity index (χ0) is 56.4. The van der Waals surface area contributed by atoms with Crippen molar-refractivity contribution in [2.24, 2.45) is 0 Å². The van der Waals surface area contributed by atoms with Crippen molar-refractivity contribution in [3.05, 3.63) is 260 Å². The van der Waals surface area contributed by atoms with Crippen molar-refractivity contribution in [3.63, 3.8) is 0 Å². The molecule has 6 nitrogen and oxygen atoms in total. The molecule has 11 aromatic rings. The Kier molecular flexibility index (Phi) is 17.7. The molecule has 0 radical (unpaired) electrons. The Labute approximate surface area is 483 Å². The van der Waals surface area contributed by atoms with E-state index >= 15 is 0 Å². The standard InChI is InChI=1S/2C26H24FN2.C18H16FN2.Ir/c2*1-16-13-19(4)25(20(5)14-16)29-12-11-28-26(29)21-9-10-23(27)22(15-21)24-17(2)7-6-8-18(24)3;1-12-10-13(2)17(14(3)11-12)21-9-8-20-18(21)15-4-6-16(19)7-5-15;/h2*6-8,10-15H,1-5H3;4,6-11H,1-3H3;/q3*-1;+3. The van der Waals surface area contributed by atoms with Crippen molar-refractivity contribution < 1.29 is 33.3 Å². The summed E-state index contributed by atoms with van der Waals surface area (Å²) >= 11 is 0. The van der Waals surface area contributed by atoms with Gasteiger partial charge in [-0.1, -0.05) is 101 Å². The van der Waals surface area contributed by atoms with Gasteiger partial charge in [0.15, 0.2) is 0 Å². The topological polar surface area (TPSA) is 53.5 Å². The van der Waals surface area contributed by atoms with E-state index < -0.39 is 0 Å². The molecule has 3 aromatic heterocycles. The Hall–Kier alpha value is -8.17. The van der Waals surface area contributed by atoms with Crippen LogP contribution in [-0.4, -0.2) is 28.7 Å². The number of hydrogen-bond acceptors (Lipinski definition) is 3. The van der Waals surface area contributed by atoms with Crippen LogP contribution >= 0.6 is 0 Å². The average molecular weight is 1240 g/mol. The number of aromatic nitrogens is 6. The van der Waals surface area contributed by atoms with Crippen LogP contribution < -0.4 is 0 Å². The minimum absolute atomic E-state index is 0. The van der Waals surface area contributed by atoms with E-state index in [4.69, 9.17) is 0 Å². The number of imidazole rings is 3. The molecule has 0 spiro atoms. The molecule has 0 saturated heterocycles. The van der Waals surface area contributed by atoms with E-state index in [-0.39, 0.29) is 37.6 Å². The maximum atomic E-state index is 14.8. The predicted molar refractivity (Wildman–Crippen MR) is 316 cm³/mol. The van der Waals surface area contributed by atoms with Crippen molar-refractivity contribution in [1.29, 1.82) is 0 Å². The van der Waals surface area contributed by atoms with E-state index in [0.717, 1.165) is 84.6 Å². The van der Waals surface area contributed by atoms with Crippen molar-refractivity contribution in [1.82, 2.24) is 28.7 Å². The van der Waals surface area contributed by atoms with Crippen LogP contribution in [0, 0.1) is 126 Å². The third kappa shape index (κ3) is 12.0. The Bertz CT molecular complexity index is 3750. The molecule has 0 bridgehead atoms. The molecule has 0 aliphatic rings. The molecule has 0 aliphatic carbocycles. The first kappa shape index (κ1) is 58.0. The van der Waals surface area contributed by atoms with E-state index in [2.05, 4.69) is 141 Å². The summed E-state index contributed by atoms with van der Waals surface area (Å²) in [6.45, 7) is 26.9. The maximum absolute atomic E-state index is 14.8. The van der Waals surface area contributed by atoms with E-state index in [0.29, 0.717) is 11.1 Å². The van der Waals surface area contributed by atoms with Crippen LogP contribution in [0.3, 0.4) is 0 Å². The van der Waals surface area contributed by atoms with E-state index in [9.17, 15) is 13.2 Å². The number of nitrogens with zero attached hydrogens (tertiary/aromatic N) is 6. The molecule has 404 valence electrons. The maximum Gasteiger partial charge on any atom is 3.00 e. The van der Waals surface area contributed by atoms with Crippen molar-refractivity contribution >= 4 is 0 Å². The van der Waals surface area contributed by atoms with Gasteiger partial charge >= 0.3 is 20.1 Å². The van der Waals surface area contributed by atoms with Crippen molar-refractivity contribution in [3.8, 4) is 73.5 Å². The van der Waals surface area contributed by atoms with Gasteiger partial charge in [0.2, 0.25) is 0 Å². The van der Waals surface area contributed by atoms with Gasteiger partial charge in [0.1, 0.15) is 0 Å². The predicted octanol–water partition coefficient (Wildman–Crippen LogP) is 17.8. The largest absolute Gasteiger partial charge is 3.00 e. The van der Waals surface area contributed by atoms with Gasteiger partial charge in [-0.25, -0.2) is 0 Å². The summed E-state index contributed by atoms with van der Waals surface area (Å²) in [6.07, 6.45) is 11.2. The molecule has 0 saturated carbocycles. The monoisotopic (exact) mass is 1240 g/mol. The van der Waals surface area contributed by atoms with Gasteiger partial charge in [0.05, 0.1) is 17.5 Å². The van der Waals surface area contributed by atoms with E-state index in [1.54, 1.807) is 24.7 Å².